The van der Waals surface area contributed by atoms with Crippen molar-refractivity contribution in [1.29, 1.82) is 0 Å². The summed E-state index contributed by atoms with van der Waals surface area (Å²) in [5, 5.41) is 6.62. The number of allylic oxidation sites excluding steroid dienone is 1. The average Bonchev–Trinajstić information content (AvgIpc) is 2.73. The molecule has 0 fully saturated rings. The van der Waals surface area contributed by atoms with Gasteiger partial charge in [0.1, 0.15) is 0 Å². The van der Waals surface area contributed by atoms with Crippen molar-refractivity contribution in [2.45, 2.75) is 6.92 Å². The van der Waals surface area contributed by atoms with Crippen LogP contribution < -0.4 is 10.7 Å². The van der Waals surface area contributed by atoms with Crippen molar-refractivity contribution < 1.29 is 4.79 Å². The zero-order chi connectivity index (χ0) is 14.9. The Balaban J connectivity index is 0.000000212. The van der Waals surface area contributed by atoms with Crippen molar-refractivity contribution in [1.82, 2.24) is 0 Å². The quantitative estimate of drug-likeness (QED) is 0.792. The van der Waals surface area contributed by atoms with Gasteiger partial charge >= 0.3 is 0 Å². The Morgan fingerprint density at radius 2 is 1.73 bits per heavy atom. The maximum Gasteiger partial charge on any atom is 0.221 e. The predicted octanol–water partition coefficient (Wildman–Crippen LogP) is 3.38. The SMILES string of the molecule is C1=Cc2ccccc2NN=C1.CC(=O)Nc1ccccc1.[K]. The van der Waals surface area contributed by atoms with Gasteiger partial charge in [-0.3, -0.25) is 10.2 Å². The number of anilines is 2. The fourth-order valence-corrected chi connectivity index (χ4v) is 1.77. The van der Waals surface area contributed by atoms with Gasteiger partial charge < -0.3 is 5.32 Å². The standard InChI is InChI=1S/C9H8N2.C8H9NO.K/c1-2-6-9-8(4-1)5-3-7-10-11-9;1-7(10)9-8-5-3-2-4-6-8;/h1-7,11H;2-6H,1H3,(H,9,10);. The van der Waals surface area contributed by atoms with E-state index in [1.165, 1.54) is 12.5 Å². The van der Waals surface area contributed by atoms with Crippen LogP contribution >= 0.6 is 0 Å². The third-order valence-corrected chi connectivity index (χ3v) is 2.68. The van der Waals surface area contributed by atoms with E-state index in [0.717, 1.165) is 11.4 Å². The average molecular weight is 318 g/mol. The summed E-state index contributed by atoms with van der Waals surface area (Å²) >= 11 is 0. The number of hydrogen-bond donors (Lipinski definition) is 2. The predicted molar refractivity (Wildman–Crippen MR) is 94.1 cm³/mol. The smallest absolute Gasteiger partial charge is 0.221 e. The van der Waals surface area contributed by atoms with Gasteiger partial charge in [-0.2, -0.15) is 5.10 Å². The van der Waals surface area contributed by atoms with Crippen LogP contribution in [0, 0.1) is 0 Å². The number of hydrazone groups is 1. The summed E-state index contributed by atoms with van der Waals surface area (Å²) in [5.74, 6) is -0.0359. The Morgan fingerprint density at radius 3 is 2.45 bits per heavy atom. The van der Waals surface area contributed by atoms with Crippen molar-refractivity contribution >= 4 is 81.0 Å². The molecule has 0 atom stereocenters. The van der Waals surface area contributed by atoms with Crippen molar-refractivity contribution in [2.75, 3.05) is 10.7 Å². The van der Waals surface area contributed by atoms with Crippen molar-refractivity contribution in [3.05, 3.63) is 66.2 Å². The monoisotopic (exact) mass is 318 g/mol. The molecule has 3 rings (SSSR count). The molecule has 2 aromatic carbocycles. The van der Waals surface area contributed by atoms with Gasteiger partial charge in [0.2, 0.25) is 5.91 Å². The number of carbonyl (C=O) groups is 1. The van der Waals surface area contributed by atoms with Crippen LogP contribution in [0.2, 0.25) is 0 Å². The number of carbonyl (C=O) groups excluding carboxylic acids is 1. The molecule has 1 heterocycles. The van der Waals surface area contributed by atoms with Crippen LogP contribution in [0.5, 0.6) is 0 Å². The van der Waals surface area contributed by atoms with Crippen molar-refractivity contribution in [3.63, 3.8) is 0 Å². The topological polar surface area (TPSA) is 53.5 Å². The first kappa shape index (κ1) is 18.8. The van der Waals surface area contributed by atoms with Crippen molar-refractivity contribution in [2.24, 2.45) is 5.10 Å². The van der Waals surface area contributed by atoms with Crippen molar-refractivity contribution in [3.8, 4) is 0 Å². The molecule has 2 aromatic rings. The third kappa shape index (κ3) is 6.68. The fourth-order valence-electron chi connectivity index (χ4n) is 1.77. The molecular formula is C17H17KN3O. The van der Waals surface area contributed by atoms with Crippen LogP contribution in [0.15, 0.2) is 65.8 Å². The second kappa shape index (κ2) is 10.5. The van der Waals surface area contributed by atoms with Gasteiger partial charge in [-0.05, 0) is 29.8 Å². The Morgan fingerprint density at radius 1 is 1.05 bits per heavy atom. The van der Waals surface area contributed by atoms with E-state index in [0.29, 0.717) is 0 Å². The Hall–Kier alpha value is -1.24. The van der Waals surface area contributed by atoms with E-state index < -0.39 is 0 Å². The van der Waals surface area contributed by atoms with Gasteiger partial charge in [0, 0.05) is 70.2 Å². The van der Waals surface area contributed by atoms with Gasteiger partial charge in [-0.25, -0.2) is 0 Å². The molecule has 0 spiro atoms. The minimum absolute atomic E-state index is 0. The molecule has 0 unspecified atom stereocenters. The third-order valence-electron chi connectivity index (χ3n) is 2.68. The summed E-state index contributed by atoms with van der Waals surface area (Å²) < 4.78 is 0. The summed E-state index contributed by atoms with van der Waals surface area (Å²) in [6.07, 6.45) is 5.68. The zero-order valence-corrected chi connectivity index (χ0v) is 15.9. The molecule has 1 radical (unpaired) electrons. The van der Waals surface area contributed by atoms with Crippen LogP contribution in [0.3, 0.4) is 0 Å². The van der Waals surface area contributed by atoms with Crippen LogP contribution in [-0.2, 0) is 4.79 Å². The summed E-state index contributed by atoms with van der Waals surface area (Å²) in [6.45, 7) is 1.49. The molecule has 1 aliphatic heterocycles. The minimum atomic E-state index is -0.0359. The maximum atomic E-state index is 10.5. The van der Waals surface area contributed by atoms with Gasteiger partial charge in [0.05, 0.1) is 5.69 Å². The van der Waals surface area contributed by atoms with E-state index in [1.54, 1.807) is 6.21 Å². The van der Waals surface area contributed by atoms with E-state index in [2.05, 4.69) is 15.8 Å². The number of benzene rings is 2. The molecule has 4 nitrogen and oxygen atoms in total. The van der Waals surface area contributed by atoms with E-state index >= 15 is 0 Å². The molecule has 1 amide bonds. The summed E-state index contributed by atoms with van der Waals surface area (Å²) in [6, 6.07) is 17.4. The second-order valence-corrected chi connectivity index (χ2v) is 4.38. The van der Waals surface area contributed by atoms with Gasteiger partial charge in [0.25, 0.3) is 0 Å². The van der Waals surface area contributed by atoms with Crippen LogP contribution in [-0.4, -0.2) is 63.5 Å². The zero-order valence-electron chi connectivity index (χ0n) is 12.8. The molecular weight excluding hydrogens is 301 g/mol. The Labute approximate surface area is 173 Å². The molecule has 0 aromatic heterocycles. The number of nitrogens with zero attached hydrogens (tertiary/aromatic N) is 1. The van der Waals surface area contributed by atoms with E-state index in [9.17, 15) is 4.79 Å². The second-order valence-electron chi connectivity index (χ2n) is 4.38. The molecule has 2 N–H and O–H groups in total. The van der Waals surface area contributed by atoms with Crippen LogP contribution in [0.4, 0.5) is 11.4 Å². The summed E-state index contributed by atoms with van der Waals surface area (Å²) in [7, 11) is 0. The first-order valence-corrected chi connectivity index (χ1v) is 6.63. The molecule has 1 aliphatic rings. The molecule has 22 heavy (non-hydrogen) atoms. The molecule has 5 heteroatoms. The molecule has 107 valence electrons. The Bertz CT molecular complexity index is 654. The molecule has 0 saturated carbocycles. The summed E-state index contributed by atoms with van der Waals surface area (Å²) in [4.78, 5) is 10.5. The number of nitrogens with one attached hydrogen (secondary N) is 2. The fraction of sp³-hybridized carbons (Fsp3) is 0.0588. The molecule has 0 saturated heterocycles. The number of hydrogen-bond acceptors (Lipinski definition) is 3. The van der Waals surface area contributed by atoms with E-state index in [-0.39, 0.29) is 57.3 Å². The van der Waals surface area contributed by atoms with Crippen LogP contribution in [0.25, 0.3) is 6.08 Å². The number of amides is 1. The van der Waals surface area contributed by atoms with Gasteiger partial charge in [-0.15, -0.1) is 0 Å². The largest absolute Gasteiger partial charge is 0.326 e. The number of rotatable bonds is 1. The Kier molecular flexibility index (Phi) is 8.96. The van der Waals surface area contributed by atoms with Gasteiger partial charge in [-0.1, -0.05) is 42.5 Å². The minimum Gasteiger partial charge on any atom is -0.326 e. The summed E-state index contributed by atoms with van der Waals surface area (Å²) in [5.41, 5.74) is 6.00. The molecule has 0 aliphatic carbocycles. The van der Waals surface area contributed by atoms with Crippen LogP contribution in [0.1, 0.15) is 12.5 Å². The van der Waals surface area contributed by atoms with Gasteiger partial charge in [0.15, 0.2) is 0 Å². The van der Waals surface area contributed by atoms with E-state index in [1.807, 2.05) is 66.7 Å². The number of para-hydroxylation sites is 2. The first-order valence-electron chi connectivity index (χ1n) is 6.63. The number of fused-ring (bicyclic) bond motifs is 1. The molecule has 0 bridgehead atoms. The maximum absolute atomic E-state index is 10.5. The van der Waals surface area contributed by atoms with E-state index in [4.69, 9.17) is 0 Å². The normalized spacial score (nSPS) is 10.8. The first-order chi connectivity index (χ1) is 10.3.